The summed E-state index contributed by atoms with van der Waals surface area (Å²) in [5, 5.41) is 62.2. The molecule has 0 amide bonds. The van der Waals surface area contributed by atoms with Crippen molar-refractivity contribution in [2.75, 3.05) is 107 Å². The Morgan fingerprint density at radius 3 is 1.88 bits per heavy atom. The van der Waals surface area contributed by atoms with Crippen molar-refractivity contribution >= 4 is 127 Å². The number of thiazole rings is 2. The molecule has 0 spiro atoms. The van der Waals surface area contributed by atoms with Gasteiger partial charge in [0.1, 0.15) is 27.3 Å². The van der Waals surface area contributed by atoms with Crippen molar-refractivity contribution in [2.24, 2.45) is 42.1 Å². The number of pyridine rings is 4. The Bertz CT molecular complexity index is 3900. The minimum atomic E-state index is -0.732. The van der Waals surface area contributed by atoms with Crippen LogP contribution in [0.15, 0.2) is 128 Å². The van der Waals surface area contributed by atoms with E-state index in [1.54, 1.807) is 99.3 Å². The molecule has 10 heterocycles. The van der Waals surface area contributed by atoms with Crippen LogP contribution in [0.5, 0.6) is 0 Å². The monoisotopic (exact) mass is 1680 g/mol. The lowest BCUT2D eigenvalue weighted by Gasteiger charge is -2.30. The number of rotatable bonds is 23. The summed E-state index contributed by atoms with van der Waals surface area (Å²) in [6.45, 7) is 19.2. The van der Waals surface area contributed by atoms with E-state index in [4.69, 9.17) is 67.5 Å². The van der Waals surface area contributed by atoms with E-state index in [2.05, 4.69) is 90.8 Å². The lowest BCUT2D eigenvalue weighted by Crippen LogP contribution is -2.43. The molecule has 0 aliphatic carbocycles. The zero-order chi connectivity index (χ0) is 80.2. The first kappa shape index (κ1) is 95.5. The molecule has 34 nitrogen and oxygen atoms in total. The zero-order valence-electron chi connectivity index (χ0n) is 62.5. The molecule has 10 rings (SSSR count). The van der Waals surface area contributed by atoms with E-state index in [-0.39, 0.29) is 19.3 Å². The Labute approximate surface area is 678 Å². The second kappa shape index (κ2) is 53.3. The van der Waals surface area contributed by atoms with Gasteiger partial charge < -0.3 is 49.9 Å². The van der Waals surface area contributed by atoms with Crippen LogP contribution < -0.4 is 16.0 Å². The van der Waals surface area contributed by atoms with E-state index < -0.39 is 20.0 Å². The number of aliphatic imine (C=N–C) groups is 3. The molecule has 110 heavy (non-hydrogen) atoms. The number of aryl methyl sites for hydroxylation is 2. The summed E-state index contributed by atoms with van der Waals surface area (Å²) in [6.07, 6.45) is 15.7. The molecule has 42 heteroatoms. The summed E-state index contributed by atoms with van der Waals surface area (Å²) in [7, 11) is 10.7. The van der Waals surface area contributed by atoms with Gasteiger partial charge in [0.2, 0.25) is 0 Å². The third-order valence-corrected chi connectivity index (χ3v) is 19.8. The number of halogens is 5. The first-order valence-electron chi connectivity index (χ1n) is 34.1. The normalized spacial score (nSPS) is 16.5. The summed E-state index contributed by atoms with van der Waals surface area (Å²) in [5.74, 6) is 4.05. The van der Waals surface area contributed by atoms with E-state index in [0.29, 0.717) is 120 Å². The molecule has 602 valence electrons. The van der Waals surface area contributed by atoms with Gasteiger partial charge in [0.25, 0.3) is 12.2 Å². The highest BCUT2D eigenvalue weighted by Crippen LogP contribution is 2.24. The summed E-state index contributed by atoms with van der Waals surface area (Å²) in [4.78, 5) is 90.1. The number of amidine groups is 3. The molecule has 4 fully saturated rings. The Kier molecular flexibility index (Phi) is 46.3. The van der Waals surface area contributed by atoms with E-state index >= 15 is 0 Å². The highest BCUT2D eigenvalue weighted by atomic mass is 35.5. The van der Waals surface area contributed by atoms with Gasteiger partial charge in [0.15, 0.2) is 36.5 Å². The summed E-state index contributed by atoms with van der Waals surface area (Å²) in [5.41, 5.74) is 5.56. The molecular formula is C68H97Cl5N24O10S3. The first-order valence-corrected chi connectivity index (χ1v) is 38.6. The minimum Gasteiger partial charge on any atom is -0.381 e. The van der Waals surface area contributed by atoms with Crippen molar-refractivity contribution < 1.29 is 29.5 Å². The predicted octanol–water partition coefficient (Wildman–Crippen LogP) is 12.6. The highest BCUT2D eigenvalue weighted by Gasteiger charge is 2.29. The van der Waals surface area contributed by atoms with Gasteiger partial charge in [0.05, 0.1) is 73.8 Å². The van der Waals surface area contributed by atoms with Crippen molar-refractivity contribution in [3.8, 4) is 0 Å². The van der Waals surface area contributed by atoms with Gasteiger partial charge in [-0.1, -0.05) is 109 Å². The minimum absolute atomic E-state index is 0. The third kappa shape index (κ3) is 38.3. The van der Waals surface area contributed by atoms with Crippen LogP contribution in [0.25, 0.3) is 0 Å². The van der Waals surface area contributed by atoms with Crippen molar-refractivity contribution in [1.82, 2.24) is 70.4 Å². The van der Waals surface area contributed by atoms with Crippen LogP contribution in [-0.2, 0) is 48.5 Å². The molecule has 6 aromatic rings. The molecule has 6 aromatic heterocycles. The van der Waals surface area contributed by atoms with Crippen LogP contribution in [0, 0.1) is 59.2 Å². The highest BCUT2D eigenvalue weighted by molar-refractivity contribution is 8.14. The maximum Gasteiger partial charge on any atom is 0.268 e. The number of hydrazone groups is 3. The number of nitrogens with one attached hydrogen (secondary N) is 3. The van der Waals surface area contributed by atoms with Crippen LogP contribution in [0.1, 0.15) is 98.0 Å². The lowest BCUT2D eigenvalue weighted by atomic mass is 10.0. The largest absolute Gasteiger partial charge is 0.381 e. The Hall–Kier alpha value is -8.66. The average molecular weight is 1680 g/mol. The fourth-order valence-electron chi connectivity index (χ4n) is 10.1. The van der Waals surface area contributed by atoms with Crippen LogP contribution in [0.3, 0.4) is 0 Å². The number of hydrogen-bond donors (Lipinski definition) is 3. The van der Waals surface area contributed by atoms with E-state index in [1.165, 1.54) is 16.9 Å². The Balaban J connectivity index is 0.000000333. The number of nitrogens with zero attached hydrogens (tertiary/aromatic N) is 21. The number of allylic oxidation sites excluding steroid dienone is 1. The molecule has 2 atom stereocenters. The molecule has 0 radical (unpaired) electrons. The first-order chi connectivity index (χ1) is 52.2. The Morgan fingerprint density at radius 2 is 1.39 bits per heavy atom. The van der Waals surface area contributed by atoms with Gasteiger partial charge in [-0.25, -0.2) is 55.3 Å². The van der Waals surface area contributed by atoms with Gasteiger partial charge in [-0.15, -0.1) is 22.7 Å². The molecule has 3 N–H and O–H groups in total. The number of aromatic nitrogens is 6. The van der Waals surface area contributed by atoms with Gasteiger partial charge in [-0.2, -0.15) is 0 Å². The van der Waals surface area contributed by atoms with Crippen LogP contribution in [-0.4, -0.2) is 216 Å². The SMILES string of the molecule is C.CC/C(=C\[N+](=O)[O-])N(CC)Cc1ccc(Cl)cn1.CC/C(CCc1cnc(Cl)s1)=N\[N+](=O)[O-].CN/C(=N\[N+](=O)[O-])NCC1CCOC1.CN=C(C)N(C)Cc1ccc(Cl)nc1.CN=C1NCCN1Cc1ccc(Cl)nc1.CN=C1SCCN1Cc1ccc(Cl)nc1.Cc1ncc(CC2COCN(C)/C2=N\[N+](=O)[O-])s1. The molecule has 0 aromatic carbocycles. The fourth-order valence-corrected chi connectivity index (χ4v) is 13.3. The molecule has 4 aliphatic heterocycles. The standard InChI is InChI=1S/C12H16ClN3O2.C10H13ClN4.C10H12ClN3S.C10H14ClN3.C10H14N4O3S.C8H10ClN3O2S.C7H14N4O3.CH4/c1-3-12(9-16(17)18)15(4-2)8-11-6-5-10(13)7-14-11;1-12-10-13-4-5-15(10)7-8-2-3-9(11)14-6-8;1-12-10-14(4-5-15-10)7-8-2-3-9(11)13-6-8;1-8(12-2)14(3)7-9-4-5-10(11)13-6-9;1-7-11-4-9(18-7)3-8-5-17-6-13(2)10(8)12-14(15)16;1-2-6(11-12(13)14)3-4-7-5-10-8(9)15-7;1-8-7(10-11(12)13)9-4-6-2-3-14-5-6;/h5-7,9H,3-4,8H2,1-2H3;2-3,6H,4-5,7H2,1H3,(H,12,13);2-3,6H,4-5,7H2,1H3;4-6H,7H2,1-3H3;4,8H,3,5-6H2,1-2H3;5H,2-4H2,1H3;6H,2-5H2,1H3,(H2,8,9,10);1H4/b12-9+;;;;12-10-;11-6+;;. The number of ether oxygens (including phenoxy) is 2. The number of thioether (sulfide) groups is 1. The number of hydrogen-bond acceptors (Lipinski definition) is 23. The third-order valence-electron chi connectivity index (χ3n) is 15.7. The topological polar surface area (TPSA) is 395 Å². The predicted molar refractivity (Wildman–Crippen MR) is 441 cm³/mol. The van der Waals surface area contributed by atoms with E-state index in [0.717, 1.165) is 113 Å². The van der Waals surface area contributed by atoms with Crippen LogP contribution in [0.2, 0.25) is 24.9 Å². The second-order valence-corrected chi connectivity index (χ2v) is 29.2. The van der Waals surface area contributed by atoms with Crippen LogP contribution >= 0.6 is 92.4 Å². The molecule has 4 saturated heterocycles. The maximum absolute atomic E-state index is 10.6. The molecule has 0 bridgehead atoms. The van der Waals surface area contributed by atoms with E-state index in [9.17, 15) is 40.5 Å². The maximum atomic E-state index is 10.6. The van der Waals surface area contributed by atoms with Crippen molar-refractivity contribution in [3.05, 3.63) is 200 Å². The molecular weight excluding hydrogens is 1590 g/mol. The fraction of sp³-hybridized carbons (Fsp3) is 0.500. The van der Waals surface area contributed by atoms with Crippen molar-refractivity contribution in [3.63, 3.8) is 0 Å². The quantitative estimate of drug-likeness (QED) is 0.0176. The van der Waals surface area contributed by atoms with Gasteiger partial charge in [-0.3, -0.25) is 30.1 Å². The molecule has 4 aliphatic rings. The van der Waals surface area contributed by atoms with Gasteiger partial charge >= 0.3 is 0 Å². The molecule has 2 unspecified atom stereocenters. The number of guanidine groups is 2. The lowest BCUT2D eigenvalue weighted by molar-refractivity contribution is -0.486. The smallest absolute Gasteiger partial charge is 0.268 e. The zero-order valence-corrected chi connectivity index (χ0v) is 68.8. The second-order valence-electron chi connectivity index (χ2n) is 23.5. The van der Waals surface area contributed by atoms with Crippen molar-refractivity contribution in [2.45, 2.75) is 107 Å². The van der Waals surface area contributed by atoms with E-state index in [1.807, 2.05) is 96.2 Å². The van der Waals surface area contributed by atoms with Crippen LogP contribution in [0.4, 0.5) is 0 Å². The van der Waals surface area contributed by atoms with Gasteiger partial charge in [-0.05, 0) is 106 Å². The summed E-state index contributed by atoms with van der Waals surface area (Å²) >= 11 is 33.4. The number of nitro groups is 4. The average Bonchev–Trinajstić information content (AvgIpc) is 1.34. The summed E-state index contributed by atoms with van der Waals surface area (Å²) < 4.78 is 11.1. The van der Waals surface area contributed by atoms with Crippen molar-refractivity contribution in [1.29, 1.82) is 0 Å². The Morgan fingerprint density at radius 1 is 0.745 bits per heavy atom. The molecule has 0 saturated carbocycles. The summed E-state index contributed by atoms with van der Waals surface area (Å²) in [6, 6.07) is 15.0. The van der Waals surface area contributed by atoms with Gasteiger partial charge in [0, 0.05) is 160 Å².